The number of esters is 2. The maximum atomic E-state index is 13.4. The van der Waals surface area contributed by atoms with Crippen LogP contribution in [0.2, 0.25) is 5.02 Å². The van der Waals surface area contributed by atoms with Crippen LogP contribution in [0.1, 0.15) is 50.8 Å². The molecule has 228 valence electrons. The summed E-state index contributed by atoms with van der Waals surface area (Å²) in [6.45, 7) is 7.13. The molecule has 0 N–H and O–H groups in total. The molecule has 0 spiro atoms. The van der Waals surface area contributed by atoms with E-state index in [9.17, 15) is 35.9 Å². The van der Waals surface area contributed by atoms with Crippen molar-refractivity contribution >= 4 is 35.7 Å². The van der Waals surface area contributed by atoms with Crippen LogP contribution in [0.5, 0.6) is 11.5 Å². The van der Waals surface area contributed by atoms with Crippen molar-refractivity contribution in [2.45, 2.75) is 58.2 Å². The Morgan fingerprint density at radius 1 is 0.952 bits per heavy atom. The molecule has 0 aromatic heterocycles. The zero-order valence-electron chi connectivity index (χ0n) is 22.9. The van der Waals surface area contributed by atoms with Crippen molar-refractivity contribution in [1.29, 1.82) is 0 Å². The molecule has 42 heavy (non-hydrogen) atoms. The standard InChI is InChI=1S/C18H20ClF3O3.C11H7F3O3/c1-5-17(3,4)12-9-14-10(8-13(12)19)7-11(16(23)24-6-2)15(25-14)18(20,21)22;12-11(13,14)17-10(15)8-5-7-3-1-2-4-9(7)16-6-8/h7-9,15H,5-6H2,1-4H3;1-5H,6H2. The first-order valence-corrected chi connectivity index (χ1v) is 13.0. The number of hydrogen-bond donors (Lipinski definition) is 0. The quantitative estimate of drug-likeness (QED) is 0.251. The number of fused-ring (bicyclic) bond motifs is 2. The van der Waals surface area contributed by atoms with E-state index in [4.69, 9.17) is 25.8 Å². The maximum Gasteiger partial charge on any atom is 0.575 e. The van der Waals surface area contributed by atoms with E-state index >= 15 is 0 Å². The Balaban J connectivity index is 0.000000247. The van der Waals surface area contributed by atoms with Gasteiger partial charge in [0.1, 0.15) is 18.1 Å². The van der Waals surface area contributed by atoms with Crippen LogP contribution in [-0.2, 0) is 24.5 Å². The van der Waals surface area contributed by atoms with Gasteiger partial charge in [-0.15, -0.1) is 13.2 Å². The van der Waals surface area contributed by atoms with E-state index < -0.39 is 36.2 Å². The first-order valence-electron chi connectivity index (χ1n) is 12.7. The summed E-state index contributed by atoms with van der Waals surface area (Å²) >= 11 is 6.32. The summed E-state index contributed by atoms with van der Waals surface area (Å²) in [5.74, 6) is -1.91. The summed E-state index contributed by atoms with van der Waals surface area (Å²) in [4.78, 5) is 23.1. The van der Waals surface area contributed by atoms with Gasteiger partial charge in [-0.25, -0.2) is 9.59 Å². The number of ether oxygens (including phenoxy) is 4. The Labute approximate surface area is 242 Å². The minimum atomic E-state index is -4.98. The first kappa shape index (κ1) is 32.8. The monoisotopic (exact) mass is 620 g/mol. The fraction of sp³-hybridized carbons (Fsp3) is 0.379. The Hall–Kier alpha value is -3.67. The predicted molar refractivity (Wildman–Crippen MR) is 142 cm³/mol. The number of para-hydroxylation sites is 1. The van der Waals surface area contributed by atoms with Crippen molar-refractivity contribution in [3.05, 3.63) is 69.3 Å². The Kier molecular flexibility index (Phi) is 9.92. The minimum Gasteiger partial charge on any atom is -0.488 e. The van der Waals surface area contributed by atoms with Crippen LogP contribution >= 0.6 is 11.6 Å². The third kappa shape index (κ3) is 7.99. The van der Waals surface area contributed by atoms with Gasteiger partial charge >= 0.3 is 24.5 Å². The van der Waals surface area contributed by atoms with Crippen LogP contribution in [0.25, 0.3) is 12.2 Å². The number of hydrogen-bond acceptors (Lipinski definition) is 6. The van der Waals surface area contributed by atoms with Gasteiger partial charge in [-0.1, -0.05) is 50.6 Å². The van der Waals surface area contributed by atoms with E-state index in [-0.39, 0.29) is 30.0 Å². The zero-order valence-corrected chi connectivity index (χ0v) is 23.7. The van der Waals surface area contributed by atoms with Crippen molar-refractivity contribution in [2.24, 2.45) is 0 Å². The van der Waals surface area contributed by atoms with Crippen LogP contribution in [0.3, 0.4) is 0 Å². The second kappa shape index (κ2) is 12.7. The van der Waals surface area contributed by atoms with E-state index in [1.165, 1.54) is 25.1 Å². The van der Waals surface area contributed by atoms with E-state index in [0.29, 0.717) is 27.5 Å². The summed E-state index contributed by atoms with van der Waals surface area (Å²) in [7, 11) is 0. The van der Waals surface area contributed by atoms with Gasteiger partial charge in [0.2, 0.25) is 6.10 Å². The van der Waals surface area contributed by atoms with Crippen LogP contribution in [0.15, 0.2) is 47.5 Å². The molecule has 4 rings (SSSR count). The molecule has 1 unspecified atom stereocenters. The normalized spacial score (nSPS) is 16.2. The summed E-state index contributed by atoms with van der Waals surface area (Å²) < 4.78 is 94.0. The first-order chi connectivity index (χ1) is 19.5. The fourth-order valence-electron chi connectivity index (χ4n) is 3.95. The molecule has 0 radical (unpaired) electrons. The van der Waals surface area contributed by atoms with Gasteiger partial charge in [-0.3, -0.25) is 0 Å². The molecule has 2 aliphatic heterocycles. The molecule has 2 aliphatic rings. The van der Waals surface area contributed by atoms with Gasteiger partial charge in [-0.2, -0.15) is 13.2 Å². The average Bonchev–Trinajstić information content (AvgIpc) is 2.90. The zero-order chi connectivity index (χ0) is 31.5. The third-order valence-corrected chi connectivity index (χ3v) is 6.77. The Morgan fingerprint density at radius 2 is 1.62 bits per heavy atom. The van der Waals surface area contributed by atoms with Crippen molar-refractivity contribution in [3.8, 4) is 11.5 Å². The topological polar surface area (TPSA) is 71.1 Å². The summed E-state index contributed by atoms with van der Waals surface area (Å²) in [5, 5.41) is 0.416. The van der Waals surface area contributed by atoms with Gasteiger partial charge in [0, 0.05) is 16.1 Å². The molecular weight excluding hydrogens is 594 g/mol. The smallest absolute Gasteiger partial charge is 0.488 e. The lowest BCUT2D eigenvalue weighted by molar-refractivity contribution is -0.303. The van der Waals surface area contributed by atoms with Crippen LogP contribution in [-0.4, -0.2) is 43.8 Å². The van der Waals surface area contributed by atoms with E-state index in [0.717, 1.165) is 12.5 Å². The molecular formula is C29H27ClF6O6. The number of rotatable bonds is 5. The minimum absolute atomic E-state index is 0.0298. The predicted octanol–water partition coefficient (Wildman–Crippen LogP) is 7.82. The number of benzene rings is 2. The molecule has 0 bridgehead atoms. The second-order valence-electron chi connectivity index (χ2n) is 9.80. The Morgan fingerprint density at radius 3 is 2.21 bits per heavy atom. The van der Waals surface area contributed by atoms with E-state index in [1.54, 1.807) is 24.3 Å². The summed E-state index contributed by atoms with van der Waals surface area (Å²) in [6.07, 6.45) is -8.86. The van der Waals surface area contributed by atoms with E-state index in [2.05, 4.69) is 4.74 Å². The van der Waals surface area contributed by atoms with Crippen molar-refractivity contribution in [2.75, 3.05) is 13.2 Å². The molecule has 13 heteroatoms. The Bertz CT molecular complexity index is 1390. The van der Waals surface area contributed by atoms with Crippen LogP contribution in [0.4, 0.5) is 26.3 Å². The number of halogens is 7. The van der Waals surface area contributed by atoms with Gasteiger partial charge < -0.3 is 18.9 Å². The lowest BCUT2D eigenvalue weighted by Crippen LogP contribution is -2.40. The molecule has 2 heterocycles. The number of carbonyl (C=O) groups excluding carboxylic acids is 2. The van der Waals surface area contributed by atoms with Crippen LogP contribution in [0, 0.1) is 0 Å². The van der Waals surface area contributed by atoms with Crippen molar-refractivity contribution < 1.29 is 54.9 Å². The highest BCUT2D eigenvalue weighted by atomic mass is 35.5. The molecule has 0 amide bonds. The highest BCUT2D eigenvalue weighted by Gasteiger charge is 2.49. The highest BCUT2D eigenvalue weighted by molar-refractivity contribution is 6.31. The van der Waals surface area contributed by atoms with Gasteiger partial charge in [0.05, 0.1) is 17.8 Å². The summed E-state index contributed by atoms with van der Waals surface area (Å²) in [6, 6.07) is 9.77. The molecule has 2 aromatic rings. The van der Waals surface area contributed by atoms with Crippen LogP contribution < -0.4 is 9.47 Å². The molecule has 6 nitrogen and oxygen atoms in total. The maximum absolute atomic E-state index is 13.4. The molecule has 0 saturated heterocycles. The fourth-order valence-corrected chi connectivity index (χ4v) is 4.38. The van der Waals surface area contributed by atoms with E-state index in [1.807, 2.05) is 20.8 Å². The van der Waals surface area contributed by atoms with Gasteiger partial charge in [0.15, 0.2) is 0 Å². The third-order valence-electron chi connectivity index (χ3n) is 6.46. The largest absolute Gasteiger partial charge is 0.575 e. The highest BCUT2D eigenvalue weighted by Crippen LogP contribution is 2.43. The van der Waals surface area contributed by atoms with Crippen molar-refractivity contribution in [1.82, 2.24) is 0 Å². The SMILES string of the molecule is CCOC(=O)C1=Cc2cc(Cl)c(C(C)(C)CC)cc2OC1C(F)(F)F.O=C(OC(F)(F)F)C1=Cc2ccccc2OC1. The second-order valence-corrected chi connectivity index (χ2v) is 10.2. The lowest BCUT2D eigenvalue weighted by atomic mass is 9.81. The molecule has 0 saturated carbocycles. The summed E-state index contributed by atoms with van der Waals surface area (Å²) in [5.41, 5.74) is 0.497. The molecule has 0 aliphatic carbocycles. The average molecular weight is 621 g/mol. The van der Waals surface area contributed by atoms with Gasteiger partial charge in [0.25, 0.3) is 0 Å². The van der Waals surface area contributed by atoms with Gasteiger partial charge in [-0.05, 0) is 54.7 Å². The number of alkyl halides is 6. The number of carbonyl (C=O) groups is 2. The van der Waals surface area contributed by atoms with Crippen molar-refractivity contribution in [3.63, 3.8) is 0 Å². The molecule has 1 atom stereocenters. The molecule has 2 aromatic carbocycles. The lowest BCUT2D eigenvalue weighted by Gasteiger charge is -2.30. The molecule has 0 fully saturated rings.